The smallest absolute Gasteiger partial charge is 0.193 e. The van der Waals surface area contributed by atoms with Crippen LogP contribution in [0.25, 0.3) is 22.1 Å². The minimum absolute atomic E-state index is 0.782. The predicted octanol–water partition coefficient (Wildman–Crippen LogP) is 2.17. The van der Waals surface area contributed by atoms with Crippen LogP contribution in [0.2, 0.25) is 0 Å². The normalized spacial score (nSPS) is 14.2. The molecule has 1 N–H and O–H groups in total. The molecule has 0 saturated heterocycles. The van der Waals surface area contributed by atoms with Gasteiger partial charge in [-0.2, -0.15) is 0 Å². The SMILES string of the molecule is c1ccc(-c2csc(-c3nnc4n3CCNC4)n2)cc1. The maximum absolute atomic E-state index is 4.71. The molecule has 0 aliphatic carbocycles. The van der Waals surface area contributed by atoms with Gasteiger partial charge in [-0.25, -0.2) is 4.98 Å². The molecule has 3 heterocycles. The molecule has 1 aliphatic heterocycles. The average Bonchev–Trinajstić information content (AvgIpc) is 3.14. The maximum atomic E-state index is 4.71. The highest BCUT2D eigenvalue weighted by molar-refractivity contribution is 7.13. The fourth-order valence-corrected chi connectivity index (χ4v) is 3.19. The van der Waals surface area contributed by atoms with Crippen molar-refractivity contribution < 1.29 is 0 Å². The number of thiazole rings is 1. The Morgan fingerprint density at radius 3 is 2.95 bits per heavy atom. The highest BCUT2D eigenvalue weighted by Crippen LogP contribution is 2.28. The molecule has 1 aliphatic rings. The topological polar surface area (TPSA) is 55.6 Å². The van der Waals surface area contributed by atoms with E-state index in [2.05, 4.69) is 37.6 Å². The monoisotopic (exact) mass is 283 g/mol. The Morgan fingerprint density at radius 2 is 2.05 bits per heavy atom. The van der Waals surface area contributed by atoms with Gasteiger partial charge in [0, 0.05) is 24.0 Å². The number of hydrogen-bond donors (Lipinski definition) is 1. The second-order valence-corrected chi connectivity index (χ2v) is 5.53. The minimum atomic E-state index is 0.782. The van der Waals surface area contributed by atoms with Gasteiger partial charge in [0.05, 0.1) is 12.2 Å². The number of nitrogens with zero attached hydrogens (tertiary/aromatic N) is 4. The standard InChI is InChI=1S/C14H13N5S/c1-2-4-10(5-3-1)11-9-20-14(16-11)13-18-17-12-8-15-6-7-19(12)13/h1-5,9,15H,6-8H2. The number of aromatic nitrogens is 4. The maximum Gasteiger partial charge on any atom is 0.193 e. The first-order chi connectivity index (χ1) is 9.92. The van der Waals surface area contributed by atoms with Crippen LogP contribution in [-0.2, 0) is 13.1 Å². The fraction of sp³-hybridized carbons (Fsp3) is 0.214. The summed E-state index contributed by atoms with van der Waals surface area (Å²) >= 11 is 1.62. The van der Waals surface area contributed by atoms with Gasteiger partial charge in [-0.3, -0.25) is 0 Å². The third-order valence-corrected chi connectivity index (χ3v) is 4.23. The van der Waals surface area contributed by atoms with Crippen molar-refractivity contribution in [2.45, 2.75) is 13.1 Å². The summed E-state index contributed by atoms with van der Waals surface area (Å²) in [6, 6.07) is 10.2. The molecule has 0 spiro atoms. The first kappa shape index (κ1) is 11.7. The van der Waals surface area contributed by atoms with E-state index in [1.54, 1.807) is 11.3 Å². The van der Waals surface area contributed by atoms with Gasteiger partial charge in [0.2, 0.25) is 0 Å². The molecular formula is C14H13N5S. The van der Waals surface area contributed by atoms with Crippen LogP contribution in [0.15, 0.2) is 35.7 Å². The minimum Gasteiger partial charge on any atom is -0.308 e. The zero-order chi connectivity index (χ0) is 13.4. The van der Waals surface area contributed by atoms with E-state index < -0.39 is 0 Å². The lowest BCUT2D eigenvalue weighted by Gasteiger charge is -2.14. The lowest BCUT2D eigenvalue weighted by molar-refractivity contribution is 0.508. The van der Waals surface area contributed by atoms with Gasteiger partial charge >= 0.3 is 0 Å². The van der Waals surface area contributed by atoms with Gasteiger partial charge in [0.25, 0.3) is 0 Å². The molecule has 5 nitrogen and oxygen atoms in total. The summed E-state index contributed by atoms with van der Waals surface area (Å²) in [6.07, 6.45) is 0. The van der Waals surface area contributed by atoms with E-state index in [0.29, 0.717) is 0 Å². The van der Waals surface area contributed by atoms with Crippen LogP contribution in [-0.4, -0.2) is 26.3 Å². The highest BCUT2D eigenvalue weighted by Gasteiger charge is 2.19. The third kappa shape index (κ3) is 1.93. The van der Waals surface area contributed by atoms with Crippen molar-refractivity contribution >= 4 is 11.3 Å². The quantitative estimate of drug-likeness (QED) is 0.783. The first-order valence-corrected chi connectivity index (χ1v) is 7.44. The molecule has 0 unspecified atom stereocenters. The molecule has 0 radical (unpaired) electrons. The van der Waals surface area contributed by atoms with Crippen molar-refractivity contribution in [3.05, 3.63) is 41.5 Å². The molecule has 0 amide bonds. The van der Waals surface area contributed by atoms with E-state index in [4.69, 9.17) is 4.98 Å². The number of hydrogen-bond acceptors (Lipinski definition) is 5. The highest BCUT2D eigenvalue weighted by atomic mass is 32.1. The van der Waals surface area contributed by atoms with Crippen molar-refractivity contribution in [1.82, 2.24) is 25.1 Å². The van der Waals surface area contributed by atoms with Gasteiger partial charge in [-0.15, -0.1) is 21.5 Å². The summed E-state index contributed by atoms with van der Waals surface area (Å²) in [6.45, 7) is 2.64. The second kappa shape index (κ2) is 4.81. The molecule has 20 heavy (non-hydrogen) atoms. The van der Waals surface area contributed by atoms with Gasteiger partial charge in [0.15, 0.2) is 10.8 Å². The molecule has 0 saturated carbocycles. The molecule has 6 heteroatoms. The van der Waals surface area contributed by atoms with Crippen LogP contribution >= 0.6 is 11.3 Å². The Morgan fingerprint density at radius 1 is 1.15 bits per heavy atom. The van der Waals surface area contributed by atoms with Crippen molar-refractivity contribution in [1.29, 1.82) is 0 Å². The summed E-state index contributed by atoms with van der Waals surface area (Å²) in [7, 11) is 0. The Labute approximate surface area is 120 Å². The van der Waals surface area contributed by atoms with E-state index in [1.807, 2.05) is 18.2 Å². The van der Waals surface area contributed by atoms with Crippen LogP contribution < -0.4 is 5.32 Å². The van der Waals surface area contributed by atoms with E-state index in [-0.39, 0.29) is 0 Å². The van der Waals surface area contributed by atoms with E-state index in [9.17, 15) is 0 Å². The number of fused-ring (bicyclic) bond motifs is 1. The van der Waals surface area contributed by atoms with Gasteiger partial charge in [-0.1, -0.05) is 30.3 Å². The second-order valence-electron chi connectivity index (χ2n) is 4.67. The molecule has 0 bridgehead atoms. The first-order valence-electron chi connectivity index (χ1n) is 6.56. The zero-order valence-electron chi connectivity index (χ0n) is 10.8. The Hall–Kier alpha value is -2.05. The lowest BCUT2D eigenvalue weighted by atomic mass is 10.2. The molecule has 3 aromatic rings. The lowest BCUT2D eigenvalue weighted by Crippen LogP contribution is -2.28. The third-order valence-electron chi connectivity index (χ3n) is 3.39. The van der Waals surface area contributed by atoms with Crippen molar-refractivity contribution in [3.8, 4) is 22.1 Å². The summed E-state index contributed by atoms with van der Waals surface area (Å²) in [5, 5.41) is 14.8. The number of rotatable bonds is 2. The van der Waals surface area contributed by atoms with Crippen molar-refractivity contribution in [2.24, 2.45) is 0 Å². The van der Waals surface area contributed by atoms with E-state index in [0.717, 1.165) is 47.5 Å². The fourth-order valence-electron chi connectivity index (χ4n) is 2.37. The van der Waals surface area contributed by atoms with Crippen LogP contribution in [0.5, 0.6) is 0 Å². The van der Waals surface area contributed by atoms with E-state index >= 15 is 0 Å². The van der Waals surface area contributed by atoms with E-state index in [1.165, 1.54) is 0 Å². The Kier molecular flexibility index (Phi) is 2.82. The zero-order valence-corrected chi connectivity index (χ0v) is 11.6. The average molecular weight is 283 g/mol. The predicted molar refractivity (Wildman–Crippen MR) is 78.3 cm³/mol. The van der Waals surface area contributed by atoms with Crippen molar-refractivity contribution in [2.75, 3.05) is 6.54 Å². The van der Waals surface area contributed by atoms with Gasteiger partial charge in [-0.05, 0) is 0 Å². The summed E-state index contributed by atoms with van der Waals surface area (Å²) in [4.78, 5) is 4.71. The van der Waals surface area contributed by atoms with Crippen LogP contribution in [0.3, 0.4) is 0 Å². The Balaban J connectivity index is 1.74. The van der Waals surface area contributed by atoms with Crippen LogP contribution in [0.4, 0.5) is 0 Å². The van der Waals surface area contributed by atoms with Crippen molar-refractivity contribution in [3.63, 3.8) is 0 Å². The number of nitrogens with one attached hydrogen (secondary N) is 1. The largest absolute Gasteiger partial charge is 0.308 e. The van der Waals surface area contributed by atoms with Gasteiger partial charge < -0.3 is 9.88 Å². The molecule has 100 valence electrons. The summed E-state index contributed by atoms with van der Waals surface area (Å²) in [5.41, 5.74) is 2.13. The Bertz CT molecular complexity index is 731. The molecular weight excluding hydrogens is 270 g/mol. The molecule has 0 atom stereocenters. The van der Waals surface area contributed by atoms with Crippen LogP contribution in [0.1, 0.15) is 5.82 Å². The molecule has 2 aromatic heterocycles. The summed E-state index contributed by atoms with van der Waals surface area (Å²) < 4.78 is 2.16. The molecule has 0 fully saturated rings. The summed E-state index contributed by atoms with van der Waals surface area (Å²) in [5.74, 6) is 1.87. The van der Waals surface area contributed by atoms with Crippen LogP contribution in [0, 0.1) is 0 Å². The molecule has 4 rings (SSSR count). The van der Waals surface area contributed by atoms with Gasteiger partial charge in [0.1, 0.15) is 5.82 Å². The number of benzene rings is 1. The molecule has 1 aromatic carbocycles.